The maximum absolute atomic E-state index is 2.33. The molecule has 0 radical (unpaired) electrons. The first-order valence-electron chi connectivity index (χ1n) is 16.2. The van der Waals surface area contributed by atoms with Crippen molar-refractivity contribution >= 4 is 0 Å². The van der Waals surface area contributed by atoms with Gasteiger partial charge in [-0.1, -0.05) is 107 Å². The third kappa shape index (κ3) is 24.0. The molecule has 4 heteroatoms. The van der Waals surface area contributed by atoms with Crippen molar-refractivity contribution in [2.45, 2.75) is 158 Å². The molecule has 0 fully saturated rings. The van der Waals surface area contributed by atoms with Gasteiger partial charge in [0, 0.05) is 0 Å². The van der Waals surface area contributed by atoms with Crippen LogP contribution in [-0.4, -0.2) is 61.3 Å². The van der Waals surface area contributed by atoms with E-state index in [0.717, 1.165) is 0 Å². The quantitative estimate of drug-likeness (QED) is 0.140. The van der Waals surface area contributed by atoms with Crippen molar-refractivity contribution in [1.82, 2.24) is 0 Å². The smallest absolute Gasteiger partial charge is 0.0786 e. The Morgan fingerprint density at radius 1 is 0.250 bits per heavy atom. The minimum atomic E-state index is 0. The third-order valence-corrected chi connectivity index (χ3v) is 7.89. The Balaban J connectivity index is -0.000000269. The number of hydrogen-bond acceptors (Lipinski definition) is 0. The topological polar surface area (TPSA) is 0 Å². The van der Waals surface area contributed by atoms with Gasteiger partial charge in [0.15, 0.2) is 0 Å². The summed E-state index contributed by atoms with van der Waals surface area (Å²) in [4.78, 5) is 0. The molecule has 0 atom stereocenters. The van der Waals surface area contributed by atoms with E-state index in [1.54, 1.807) is 0 Å². The van der Waals surface area contributed by atoms with Gasteiger partial charge in [0.25, 0.3) is 0 Å². The second-order valence-corrected chi connectivity index (χ2v) is 11.3. The van der Waals surface area contributed by atoms with Crippen LogP contribution >= 0.6 is 0 Å². The Bertz CT molecular complexity index is 279. The molecule has 0 aliphatic carbocycles. The summed E-state index contributed by atoms with van der Waals surface area (Å²) in [7, 11) is 0. The van der Waals surface area contributed by atoms with Crippen molar-refractivity contribution in [2.24, 2.45) is 0 Å². The van der Waals surface area contributed by atoms with E-state index in [0.29, 0.717) is 0 Å². The highest BCUT2D eigenvalue weighted by Gasteiger charge is 2.25. The van der Waals surface area contributed by atoms with Crippen LogP contribution in [0.3, 0.4) is 0 Å². The van der Waals surface area contributed by atoms with Crippen molar-refractivity contribution in [2.75, 3.05) is 52.4 Å². The highest BCUT2D eigenvalue weighted by atomic mass is 79.9. The Hall–Kier alpha value is 0.880. The van der Waals surface area contributed by atoms with Crippen molar-refractivity contribution in [3.8, 4) is 0 Å². The molecule has 0 aliphatic heterocycles. The minimum absolute atomic E-state index is 0. The number of quaternary nitrogens is 2. The zero-order valence-electron chi connectivity index (χ0n) is 26.6. The molecular formula is C32H72Br2N2. The molecule has 0 rings (SSSR count). The van der Waals surface area contributed by atoms with Gasteiger partial charge >= 0.3 is 0 Å². The lowest BCUT2D eigenvalue weighted by Crippen LogP contribution is -3.00. The Labute approximate surface area is 252 Å². The first kappa shape index (κ1) is 43.9. The highest BCUT2D eigenvalue weighted by molar-refractivity contribution is 4.50. The summed E-state index contributed by atoms with van der Waals surface area (Å²) < 4.78 is 2.84. The third-order valence-electron chi connectivity index (χ3n) is 7.89. The largest absolute Gasteiger partial charge is 1.00 e. The monoisotopic (exact) mass is 642 g/mol. The van der Waals surface area contributed by atoms with Gasteiger partial charge in [-0.3, -0.25) is 0 Å². The van der Waals surface area contributed by atoms with E-state index in [-0.39, 0.29) is 34.0 Å². The van der Waals surface area contributed by atoms with Crippen LogP contribution in [0, 0.1) is 0 Å². The summed E-state index contributed by atoms with van der Waals surface area (Å²) in [6, 6.07) is 0. The van der Waals surface area contributed by atoms with E-state index < -0.39 is 0 Å². The van der Waals surface area contributed by atoms with Gasteiger partial charge < -0.3 is 42.9 Å². The molecular weight excluding hydrogens is 572 g/mol. The second-order valence-electron chi connectivity index (χ2n) is 11.3. The van der Waals surface area contributed by atoms with Crippen LogP contribution in [0.4, 0.5) is 0 Å². The first-order chi connectivity index (χ1) is 16.5. The fraction of sp³-hybridized carbons (Fsp3) is 1.00. The van der Waals surface area contributed by atoms with E-state index in [9.17, 15) is 0 Å². The normalized spacial score (nSPS) is 11.3. The number of unbranched alkanes of at least 4 members (excludes halogenated alkanes) is 8. The van der Waals surface area contributed by atoms with Crippen LogP contribution in [0.5, 0.6) is 0 Å². The SMILES string of the molecule is CCCC[N+](CCCC)(CCCC)CCCC.CCCC[N+](CCCC)(CCCC)CCCC.[Br-].[Br-]. The van der Waals surface area contributed by atoms with Crippen LogP contribution in [0.15, 0.2) is 0 Å². The molecule has 0 unspecified atom stereocenters. The molecule has 0 spiro atoms. The molecule has 224 valence electrons. The van der Waals surface area contributed by atoms with Crippen LogP contribution < -0.4 is 34.0 Å². The minimum Gasteiger partial charge on any atom is -1.00 e. The molecule has 0 amide bonds. The van der Waals surface area contributed by atoms with Crippen molar-refractivity contribution in [1.29, 1.82) is 0 Å². The van der Waals surface area contributed by atoms with Gasteiger partial charge in [-0.2, -0.15) is 0 Å². The van der Waals surface area contributed by atoms with E-state index in [4.69, 9.17) is 0 Å². The molecule has 0 aromatic heterocycles. The summed E-state index contributed by atoms with van der Waals surface area (Å²) in [6.45, 7) is 30.0. The van der Waals surface area contributed by atoms with Gasteiger partial charge in [0.1, 0.15) is 0 Å². The van der Waals surface area contributed by atoms with E-state index >= 15 is 0 Å². The fourth-order valence-electron chi connectivity index (χ4n) is 5.29. The molecule has 0 N–H and O–H groups in total. The Morgan fingerprint density at radius 2 is 0.361 bits per heavy atom. The Morgan fingerprint density at radius 3 is 0.444 bits per heavy atom. The van der Waals surface area contributed by atoms with Gasteiger partial charge in [-0.15, -0.1) is 0 Å². The van der Waals surface area contributed by atoms with Crippen LogP contribution in [0.1, 0.15) is 158 Å². The summed E-state index contributed by atoms with van der Waals surface area (Å²) in [5.41, 5.74) is 0. The Kier molecular flexibility index (Phi) is 39.2. The molecule has 0 aromatic rings. The van der Waals surface area contributed by atoms with Crippen LogP contribution in [0.2, 0.25) is 0 Å². The average Bonchev–Trinajstić information content (AvgIpc) is 2.87. The molecule has 0 saturated heterocycles. The highest BCUT2D eigenvalue weighted by Crippen LogP contribution is 2.17. The standard InChI is InChI=1S/2C16H36N.2BrH/c2*1-5-9-13-17(14-10-6-2,15-11-7-3)16-12-8-4;;/h2*5-16H2,1-4H3;2*1H/q2*+1;;/p-2. The lowest BCUT2D eigenvalue weighted by atomic mass is 10.1. The van der Waals surface area contributed by atoms with Crippen molar-refractivity contribution in [3.63, 3.8) is 0 Å². The first-order valence-corrected chi connectivity index (χ1v) is 16.2. The zero-order valence-corrected chi connectivity index (χ0v) is 29.8. The summed E-state index contributed by atoms with van der Waals surface area (Å²) in [5.74, 6) is 0. The molecule has 0 heterocycles. The predicted octanol–water partition coefficient (Wildman–Crippen LogP) is 4.02. The molecule has 0 bridgehead atoms. The lowest BCUT2D eigenvalue weighted by molar-refractivity contribution is -0.929. The average molecular weight is 645 g/mol. The predicted molar refractivity (Wildman–Crippen MR) is 159 cm³/mol. The lowest BCUT2D eigenvalue weighted by Gasteiger charge is -2.39. The van der Waals surface area contributed by atoms with Crippen LogP contribution in [0.25, 0.3) is 0 Å². The van der Waals surface area contributed by atoms with E-state index in [1.807, 2.05) is 0 Å². The summed E-state index contributed by atoms with van der Waals surface area (Å²) in [5, 5.41) is 0. The van der Waals surface area contributed by atoms with Gasteiger partial charge in [0.05, 0.1) is 52.4 Å². The van der Waals surface area contributed by atoms with Crippen molar-refractivity contribution in [3.05, 3.63) is 0 Å². The molecule has 2 nitrogen and oxygen atoms in total. The second kappa shape index (κ2) is 32.1. The van der Waals surface area contributed by atoms with E-state index in [2.05, 4.69) is 55.4 Å². The van der Waals surface area contributed by atoms with Crippen molar-refractivity contribution < 1.29 is 42.9 Å². The van der Waals surface area contributed by atoms with E-state index in [1.165, 1.54) is 164 Å². The number of rotatable bonds is 24. The maximum atomic E-state index is 2.33. The fourth-order valence-corrected chi connectivity index (χ4v) is 5.29. The number of halogens is 2. The van der Waals surface area contributed by atoms with Crippen LogP contribution in [-0.2, 0) is 0 Å². The van der Waals surface area contributed by atoms with Gasteiger partial charge in [-0.05, 0) is 51.4 Å². The molecule has 0 aromatic carbocycles. The molecule has 0 aliphatic rings. The summed E-state index contributed by atoms with van der Waals surface area (Å²) in [6.07, 6.45) is 22.1. The molecule has 0 saturated carbocycles. The number of hydrogen-bond donors (Lipinski definition) is 0. The number of nitrogens with zero attached hydrogens (tertiary/aromatic N) is 2. The molecule has 36 heavy (non-hydrogen) atoms. The summed E-state index contributed by atoms with van der Waals surface area (Å²) >= 11 is 0. The maximum Gasteiger partial charge on any atom is 0.0786 e. The van der Waals surface area contributed by atoms with Gasteiger partial charge in [-0.25, -0.2) is 0 Å². The zero-order chi connectivity index (χ0) is 26.0. The van der Waals surface area contributed by atoms with Gasteiger partial charge in [0.2, 0.25) is 0 Å².